The molecule has 0 aliphatic rings. The number of ether oxygens (including phenoxy) is 1. The molecular weight excluding hydrogens is 272 g/mol. The molecule has 0 atom stereocenters. The van der Waals surface area contributed by atoms with Crippen LogP contribution in [-0.4, -0.2) is 28.7 Å². The van der Waals surface area contributed by atoms with Crippen molar-refractivity contribution in [3.05, 3.63) is 15.8 Å². The average molecular weight is 292 g/mol. The van der Waals surface area contributed by atoms with E-state index in [1.54, 1.807) is 14.0 Å². The van der Waals surface area contributed by atoms with Gasteiger partial charge in [0.05, 0.1) is 0 Å². The van der Waals surface area contributed by atoms with E-state index >= 15 is 0 Å². The minimum Gasteiger partial charge on any atom is -0.385 e. The van der Waals surface area contributed by atoms with E-state index in [0.717, 1.165) is 18.4 Å². The Morgan fingerprint density at radius 2 is 2.17 bits per heavy atom. The zero-order valence-corrected chi connectivity index (χ0v) is 12.4. The van der Waals surface area contributed by atoms with Gasteiger partial charge in [0, 0.05) is 31.7 Å². The fourth-order valence-corrected chi connectivity index (χ4v) is 4.41. The molecule has 0 spiro atoms. The van der Waals surface area contributed by atoms with Crippen molar-refractivity contribution < 1.29 is 13.2 Å². The van der Waals surface area contributed by atoms with Crippen LogP contribution in [0, 0.1) is 6.92 Å². The Morgan fingerprint density at radius 1 is 1.44 bits per heavy atom. The average Bonchev–Trinajstić information content (AvgIpc) is 2.71. The lowest BCUT2D eigenvalue weighted by Crippen LogP contribution is -2.26. The van der Waals surface area contributed by atoms with Gasteiger partial charge in [-0.05, 0) is 30.7 Å². The second-order valence-corrected chi connectivity index (χ2v) is 6.64. The van der Waals surface area contributed by atoms with Crippen molar-refractivity contribution in [2.45, 2.75) is 31.2 Å². The van der Waals surface area contributed by atoms with Crippen molar-refractivity contribution in [3.63, 3.8) is 0 Å². The Hall–Kier alpha value is -0.470. The second kappa shape index (κ2) is 7.20. The van der Waals surface area contributed by atoms with Crippen LogP contribution in [0.5, 0.6) is 0 Å². The van der Waals surface area contributed by atoms with Crippen LogP contribution < -0.4 is 10.5 Å². The molecule has 18 heavy (non-hydrogen) atoms. The summed E-state index contributed by atoms with van der Waals surface area (Å²) in [7, 11) is -1.81. The Morgan fingerprint density at radius 3 is 2.78 bits per heavy atom. The highest BCUT2D eigenvalue weighted by molar-refractivity contribution is 7.89. The minimum atomic E-state index is -3.44. The van der Waals surface area contributed by atoms with Crippen molar-refractivity contribution in [2.75, 3.05) is 20.3 Å². The molecule has 0 saturated heterocycles. The lowest BCUT2D eigenvalue weighted by Gasteiger charge is -2.08. The first kappa shape index (κ1) is 15.6. The van der Waals surface area contributed by atoms with E-state index in [4.69, 9.17) is 10.5 Å². The fourth-order valence-electron chi connectivity index (χ4n) is 1.64. The Kier molecular flexibility index (Phi) is 6.24. The number of hydrogen-bond donors (Lipinski definition) is 2. The van der Waals surface area contributed by atoms with Gasteiger partial charge in [0.15, 0.2) is 0 Å². The molecule has 0 aromatic carbocycles. The van der Waals surface area contributed by atoms with Crippen LogP contribution in [0.4, 0.5) is 0 Å². The zero-order chi connectivity index (χ0) is 13.6. The fraction of sp³-hybridized carbons (Fsp3) is 0.636. The van der Waals surface area contributed by atoms with Crippen LogP contribution in [0.15, 0.2) is 10.3 Å². The molecule has 104 valence electrons. The van der Waals surface area contributed by atoms with Gasteiger partial charge in [0.25, 0.3) is 0 Å². The van der Waals surface area contributed by atoms with Crippen molar-refractivity contribution in [1.29, 1.82) is 0 Å². The number of nitrogens with two attached hydrogens (primary N) is 1. The third-order valence-electron chi connectivity index (χ3n) is 2.51. The number of hydrogen-bond acceptors (Lipinski definition) is 5. The largest absolute Gasteiger partial charge is 0.385 e. The van der Waals surface area contributed by atoms with E-state index in [1.807, 2.05) is 5.38 Å². The van der Waals surface area contributed by atoms with E-state index in [1.165, 1.54) is 11.3 Å². The maximum atomic E-state index is 12.1. The van der Waals surface area contributed by atoms with Crippen LogP contribution in [-0.2, 0) is 21.3 Å². The lowest BCUT2D eigenvalue weighted by atomic mass is 10.3. The molecule has 0 bridgehead atoms. The number of thiophene rings is 1. The molecule has 1 aromatic rings. The Bertz CT molecular complexity index is 469. The summed E-state index contributed by atoms with van der Waals surface area (Å²) in [6, 6.07) is 0. The van der Waals surface area contributed by atoms with Crippen LogP contribution in [0.3, 0.4) is 0 Å². The van der Waals surface area contributed by atoms with Crippen molar-refractivity contribution >= 4 is 21.4 Å². The summed E-state index contributed by atoms with van der Waals surface area (Å²) >= 11 is 1.39. The minimum absolute atomic E-state index is 0.248. The molecule has 0 unspecified atom stereocenters. The third-order valence-corrected chi connectivity index (χ3v) is 5.46. The molecule has 1 aromatic heterocycles. The van der Waals surface area contributed by atoms with Gasteiger partial charge in [-0.3, -0.25) is 0 Å². The Balaban J connectivity index is 2.65. The zero-order valence-electron chi connectivity index (χ0n) is 10.7. The molecule has 5 nitrogen and oxygen atoms in total. The quantitative estimate of drug-likeness (QED) is 0.706. The number of aryl methyl sites for hydroxylation is 1. The van der Waals surface area contributed by atoms with E-state index < -0.39 is 10.0 Å². The maximum absolute atomic E-state index is 12.1. The second-order valence-electron chi connectivity index (χ2n) is 3.97. The third kappa shape index (κ3) is 4.03. The van der Waals surface area contributed by atoms with E-state index in [9.17, 15) is 8.42 Å². The van der Waals surface area contributed by atoms with Gasteiger partial charge >= 0.3 is 0 Å². The molecule has 0 aliphatic heterocycles. The molecule has 7 heteroatoms. The summed E-state index contributed by atoms with van der Waals surface area (Å²) in [6.45, 7) is 3.10. The van der Waals surface area contributed by atoms with Gasteiger partial charge in [-0.15, -0.1) is 11.3 Å². The maximum Gasteiger partial charge on any atom is 0.241 e. The summed E-state index contributed by atoms with van der Waals surface area (Å²) < 4.78 is 31.8. The van der Waals surface area contributed by atoms with Crippen molar-refractivity contribution in [2.24, 2.45) is 5.73 Å². The first-order valence-corrected chi connectivity index (χ1v) is 8.15. The molecule has 0 amide bonds. The Labute approximate surface area is 112 Å². The number of sulfonamides is 1. The molecule has 3 N–H and O–H groups in total. The van der Waals surface area contributed by atoms with Crippen LogP contribution in [0.1, 0.15) is 23.3 Å². The topological polar surface area (TPSA) is 81.4 Å². The van der Waals surface area contributed by atoms with E-state index in [0.29, 0.717) is 22.9 Å². The summed E-state index contributed by atoms with van der Waals surface area (Å²) in [5.41, 5.74) is 6.31. The summed E-state index contributed by atoms with van der Waals surface area (Å²) in [6.07, 6.45) is 1.60. The highest BCUT2D eigenvalue weighted by atomic mass is 32.2. The van der Waals surface area contributed by atoms with Crippen molar-refractivity contribution in [3.8, 4) is 0 Å². The summed E-state index contributed by atoms with van der Waals surface area (Å²) in [5.74, 6) is 0. The molecule has 0 saturated carbocycles. The highest BCUT2D eigenvalue weighted by Crippen LogP contribution is 2.26. The lowest BCUT2D eigenvalue weighted by molar-refractivity contribution is 0.193. The number of rotatable bonds is 8. The summed E-state index contributed by atoms with van der Waals surface area (Å²) in [5, 5.41) is 1.82. The predicted molar refractivity (Wildman–Crippen MR) is 73.2 cm³/mol. The standard InChI is InChI=1S/C11H20N2O3S2/c1-9-8-17-10(7-12)11(9)18(14,15)13-5-3-4-6-16-2/h8,13H,3-7,12H2,1-2H3. The van der Waals surface area contributed by atoms with Gasteiger partial charge in [0.2, 0.25) is 10.0 Å². The van der Waals surface area contributed by atoms with Gasteiger partial charge in [-0.1, -0.05) is 0 Å². The van der Waals surface area contributed by atoms with Gasteiger partial charge in [-0.2, -0.15) is 0 Å². The number of nitrogens with one attached hydrogen (secondary N) is 1. The molecular formula is C11H20N2O3S2. The highest BCUT2D eigenvalue weighted by Gasteiger charge is 2.21. The molecule has 0 radical (unpaired) electrons. The first-order valence-electron chi connectivity index (χ1n) is 5.78. The monoisotopic (exact) mass is 292 g/mol. The number of unbranched alkanes of at least 4 members (excludes halogenated alkanes) is 1. The summed E-state index contributed by atoms with van der Waals surface area (Å²) in [4.78, 5) is 1.05. The normalized spacial score (nSPS) is 11.9. The van der Waals surface area contributed by atoms with Crippen LogP contribution in [0.25, 0.3) is 0 Å². The van der Waals surface area contributed by atoms with Crippen molar-refractivity contribution in [1.82, 2.24) is 4.72 Å². The van der Waals surface area contributed by atoms with Crippen LogP contribution in [0.2, 0.25) is 0 Å². The number of methoxy groups -OCH3 is 1. The van der Waals surface area contributed by atoms with E-state index in [-0.39, 0.29) is 6.54 Å². The van der Waals surface area contributed by atoms with Crippen LogP contribution >= 0.6 is 11.3 Å². The molecule has 1 heterocycles. The predicted octanol–water partition coefficient (Wildman–Crippen LogP) is 1.22. The first-order chi connectivity index (χ1) is 8.53. The molecule has 0 fully saturated rings. The molecule has 1 rings (SSSR count). The molecule has 0 aliphatic carbocycles. The van der Waals surface area contributed by atoms with Gasteiger partial charge < -0.3 is 10.5 Å². The SMILES string of the molecule is COCCCCNS(=O)(=O)c1c(C)csc1CN. The van der Waals surface area contributed by atoms with Gasteiger partial charge in [-0.25, -0.2) is 13.1 Å². The van der Waals surface area contributed by atoms with Gasteiger partial charge in [0.1, 0.15) is 4.90 Å². The van der Waals surface area contributed by atoms with E-state index in [2.05, 4.69) is 4.72 Å². The smallest absolute Gasteiger partial charge is 0.241 e.